The first-order valence-electron chi connectivity index (χ1n) is 7.11. The van der Waals surface area contributed by atoms with Gasteiger partial charge in [-0.25, -0.2) is 0 Å². The molecule has 0 aliphatic carbocycles. The number of hydrogen-bond acceptors (Lipinski definition) is 4. The van der Waals surface area contributed by atoms with Gasteiger partial charge in [0.25, 0.3) is 0 Å². The van der Waals surface area contributed by atoms with E-state index in [0.717, 1.165) is 44.2 Å². The van der Waals surface area contributed by atoms with Gasteiger partial charge in [0.1, 0.15) is 5.76 Å². The number of hydrogen-bond donors (Lipinski definition) is 1. The van der Waals surface area contributed by atoms with Gasteiger partial charge >= 0.3 is 0 Å². The van der Waals surface area contributed by atoms with Crippen LogP contribution in [0.25, 0.3) is 0 Å². The van der Waals surface area contributed by atoms with Gasteiger partial charge in [0, 0.05) is 37.6 Å². The maximum atomic E-state index is 5.31. The quantitative estimate of drug-likeness (QED) is 0.926. The molecular weight excluding hydrogens is 250 g/mol. The molecule has 3 rings (SSSR count). The Bertz CT molecular complexity index is 513. The molecule has 2 aromatic rings. The molecule has 4 nitrogen and oxygen atoms in total. The molecule has 0 radical (unpaired) electrons. The first-order chi connectivity index (χ1) is 9.81. The van der Waals surface area contributed by atoms with Crippen LogP contribution in [0.4, 0.5) is 11.4 Å². The summed E-state index contributed by atoms with van der Waals surface area (Å²) in [7, 11) is 2.18. The van der Waals surface area contributed by atoms with Crippen LogP contribution in [0.3, 0.4) is 0 Å². The van der Waals surface area contributed by atoms with E-state index in [1.807, 2.05) is 12.1 Å². The molecule has 1 aromatic heterocycles. The van der Waals surface area contributed by atoms with E-state index in [0.29, 0.717) is 0 Å². The van der Waals surface area contributed by atoms with E-state index in [1.165, 1.54) is 5.69 Å². The smallest absolute Gasteiger partial charge is 0.122 e. The lowest BCUT2D eigenvalue weighted by atomic mass is 10.2. The highest BCUT2D eigenvalue weighted by atomic mass is 16.3. The lowest BCUT2D eigenvalue weighted by Crippen LogP contribution is -2.44. The van der Waals surface area contributed by atoms with Gasteiger partial charge in [-0.3, -0.25) is 0 Å². The Hall–Kier alpha value is -1.94. The maximum Gasteiger partial charge on any atom is 0.122 e. The highest BCUT2D eigenvalue weighted by molar-refractivity contribution is 5.55. The topological polar surface area (TPSA) is 31.6 Å². The largest absolute Gasteiger partial charge is 0.467 e. The Balaban J connectivity index is 1.57. The fourth-order valence-corrected chi connectivity index (χ4v) is 2.46. The van der Waals surface area contributed by atoms with E-state index in [1.54, 1.807) is 6.26 Å². The molecule has 1 saturated heterocycles. The molecule has 0 saturated carbocycles. The summed E-state index contributed by atoms with van der Waals surface area (Å²) < 4.78 is 5.31. The van der Waals surface area contributed by atoms with Gasteiger partial charge in [0.05, 0.1) is 12.8 Å². The van der Waals surface area contributed by atoms with E-state index >= 15 is 0 Å². The average molecular weight is 271 g/mol. The molecule has 0 bridgehead atoms. The number of furan rings is 1. The monoisotopic (exact) mass is 271 g/mol. The van der Waals surface area contributed by atoms with E-state index in [4.69, 9.17) is 4.42 Å². The number of nitrogens with zero attached hydrogens (tertiary/aromatic N) is 2. The van der Waals surface area contributed by atoms with Gasteiger partial charge in [-0.05, 0) is 43.4 Å². The minimum atomic E-state index is 0.723. The molecule has 106 valence electrons. The SMILES string of the molecule is CN1CCN(c2ccc(NCc3ccco3)cc2)CC1. The van der Waals surface area contributed by atoms with Crippen molar-refractivity contribution >= 4 is 11.4 Å². The predicted molar refractivity (Wildman–Crippen MR) is 82.2 cm³/mol. The van der Waals surface area contributed by atoms with Crippen LogP contribution < -0.4 is 10.2 Å². The summed E-state index contributed by atoms with van der Waals surface area (Å²) in [6, 6.07) is 12.5. The van der Waals surface area contributed by atoms with Crippen molar-refractivity contribution in [2.75, 3.05) is 43.4 Å². The van der Waals surface area contributed by atoms with Crippen molar-refractivity contribution in [2.45, 2.75) is 6.54 Å². The van der Waals surface area contributed by atoms with E-state index in [2.05, 4.69) is 46.4 Å². The van der Waals surface area contributed by atoms with Crippen molar-refractivity contribution in [3.63, 3.8) is 0 Å². The summed E-state index contributed by atoms with van der Waals surface area (Å²) in [5.74, 6) is 0.952. The zero-order chi connectivity index (χ0) is 13.8. The van der Waals surface area contributed by atoms with E-state index < -0.39 is 0 Å². The van der Waals surface area contributed by atoms with Gasteiger partial charge in [-0.1, -0.05) is 0 Å². The van der Waals surface area contributed by atoms with Crippen LogP contribution in [0, 0.1) is 0 Å². The average Bonchev–Trinajstić information content (AvgIpc) is 3.00. The summed E-state index contributed by atoms with van der Waals surface area (Å²) >= 11 is 0. The third-order valence-corrected chi connectivity index (χ3v) is 3.78. The second-order valence-electron chi connectivity index (χ2n) is 5.27. The Kier molecular flexibility index (Phi) is 3.92. The molecule has 4 heteroatoms. The predicted octanol–water partition coefficient (Wildman–Crippen LogP) is 2.64. The van der Waals surface area contributed by atoms with Crippen molar-refractivity contribution in [3.8, 4) is 0 Å². The molecule has 1 N–H and O–H groups in total. The van der Waals surface area contributed by atoms with Crippen molar-refractivity contribution in [1.29, 1.82) is 0 Å². The molecule has 1 aliphatic rings. The summed E-state index contributed by atoms with van der Waals surface area (Å²) in [4.78, 5) is 4.81. The van der Waals surface area contributed by atoms with Gasteiger partial charge in [-0.2, -0.15) is 0 Å². The van der Waals surface area contributed by atoms with Gasteiger partial charge in [-0.15, -0.1) is 0 Å². The molecule has 0 atom stereocenters. The Morgan fingerprint density at radius 3 is 2.45 bits per heavy atom. The number of piperazine rings is 1. The standard InChI is InChI=1S/C16H21N3O/c1-18-8-10-19(11-9-18)15-6-4-14(5-7-15)17-13-16-3-2-12-20-16/h2-7,12,17H,8-11,13H2,1H3. The number of benzene rings is 1. The Morgan fingerprint density at radius 2 is 1.80 bits per heavy atom. The van der Waals surface area contributed by atoms with Gasteiger partial charge in [0.2, 0.25) is 0 Å². The minimum Gasteiger partial charge on any atom is -0.467 e. The van der Waals surface area contributed by atoms with Crippen molar-refractivity contribution in [2.24, 2.45) is 0 Å². The number of rotatable bonds is 4. The maximum absolute atomic E-state index is 5.31. The van der Waals surface area contributed by atoms with Crippen molar-refractivity contribution < 1.29 is 4.42 Å². The number of anilines is 2. The van der Waals surface area contributed by atoms with Crippen LogP contribution in [0.1, 0.15) is 5.76 Å². The van der Waals surface area contributed by atoms with Crippen LogP contribution in [0.5, 0.6) is 0 Å². The highest BCUT2D eigenvalue weighted by Crippen LogP contribution is 2.19. The minimum absolute atomic E-state index is 0.723. The van der Waals surface area contributed by atoms with Crippen LogP contribution in [0.15, 0.2) is 47.1 Å². The van der Waals surface area contributed by atoms with Crippen molar-refractivity contribution in [1.82, 2.24) is 4.90 Å². The summed E-state index contributed by atoms with van der Waals surface area (Å²) in [6.45, 7) is 5.21. The second kappa shape index (κ2) is 6.01. The molecule has 0 amide bonds. The fourth-order valence-electron chi connectivity index (χ4n) is 2.46. The first-order valence-corrected chi connectivity index (χ1v) is 7.11. The molecule has 1 aliphatic heterocycles. The van der Waals surface area contributed by atoms with E-state index in [9.17, 15) is 0 Å². The van der Waals surface area contributed by atoms with Crippen LogP contribution in [-0.2, 0) is 6.54 Å². The summed E-state index contributed by atoms with van der Waals surface area (Å²) in [5.41, 5.74) is 2.43. The third kappa shape index (κ3) is 3.14. The van der Waals surface area contributed by atoms with Gasteiger partial charge < -0.3 is 19.5 Å². The fraction of sp³-hybridized carbons (Fsp3) is 0.375. The molecule has 0 spiro atoms. The lowest BCUT2D eigenvalue weighted by Gasteiger charge is -2.34. The lowest BCUT2D eigenvalue weighted by molar-refractivity contribution is 0.313. The number of likely N-dealkylation sites (N-methyl/N-ethyl adjacent to an activating group) is 1. The Labute approximate surface area is 120 Å². The molecule has 1 aromatic carbocycles. The van der Waals surface area contributed by atoms with Crippen LogP contribution in [0.2, 0.25) is 0 Å². The molecule has 1 fully saturated rings. The normalized spacial score (nSPS) is 16.4. The Morgan fingerprint density at radius 1 is 1.05 bits per heavy atom. The number of nitrogens with one attached hydrogen (secondary N) is 1. The van der Waals surface area contributed by atoms with Crippen LogP contribution >= 0.6 is 0 Å². The molecular formula is C16H21N3O. The summed E-state index contributed by atoms with van der Waals surface area (Å²) in [5, 5.41) is 3.36. The molecule has 20 heavy (non-hydrogen) atoms. The second-order valence-corrected chi connectivity index (χ2v) is 5.27. The third-order valence-electron chi connectivity index (χ3n) is 3.78. The molecule has 0 unspecified atom stereocenters. The first kappa shape index (κ1) is 13.1. The van der Waals surface area contributed by atoms with Crippen molar-refractivity contribution in [3.05, 3.63) is 48.4 Å². The van der Waals surface area contributed by atoms with Crippen LogP contribution in [-0.4, -0.2) is 38.1 Å². The van der Waals surface area contributed by atoms with E-state index in [-0.39, 0.29) is 0 Å². The van der Waals surface area contributed by atoms with Gasteiger partial charge in [0.15, 0.2) is 0 Å². The zero-order valence-corrected chi connectivity index (χ0v) is 11.9. The zero-order valence-electron chi connectivity index (χ0n) is 11.9. The summed E-state index contributed by atoms with van der Waals surface area (Å²) in [6.07, 6.45) is 1.70. The highest BCUT2D eigenvalue weighted by Gasteiger charge is 2.13. The molecule has 2 heterocycles.